The van der Waals surface area contributed by atoms with Crippen LogP contribution in [-0.4, -0.2) is 34.8 Å². The molecule has 0 bridgehead atoms. The van der Waals surface area contributed by atoms with Crippen molar-refractivity contribution in [3.63, 3.8) is 0 Å². The van der Waals surface area contributed by atoms with Gasteiger partial charge in [-0.3, -0.25) is 10.1 Å². The van der Waals surface area contributed by atoms with E-state index in [0.29, 0.717) is 12.1 Å². The van der Waals surface area contributed by atoms with Crippen molar-refractivity contribution in [2.75, 3.05) is 19.7 Å². The van der Waals surface area contributed by atoms with Crippen molar-refractivity contribution in [3.05, 3.63) is 39.9 Å². The minimum Gasteiger partial charge on any atom is -0.396 e. The van der Waals surface area contributed by atoms with Gasteiger partial charge < -0.3 is 15.5 Å². The molecule has 0 amide bonds. The molecule has 0 aliphatic rings. The number of aliphatic hydroxyl groups is 2. The molecule has 0 fully saturated rings. The Bertz CT molecular complexity index is 381. The Hall–Kier alpha value is -1.50. The van der Waals surface area contributed by atoms with Crippen LogP contribution in [0.2, 0.25) is 0 Å². The van der Waals surface area contributed by atoms with Gasteiger partial charge in [0.1, 0.15) is 0 Å². The maximum absolute atomic E-state index is 10.5. The minimum absolute atomic E-state index is 0.0212. The second-order valence-corrected chi connectivity index (χ2v) is 4.35. The fourth-order valence-corrected chi connectivity index (χ4v) is 1.71. The number of hydrogen-bond donors (Lipinski definition) is 3. The van der Waals surface area contributed by atoms with E-state index in [0.717, 1.165) is 25.8 Å². The predicted octanol–water partition coefficient (Wildman–Crippen LogP) is 1.38. The molecule has 0 heterocycles. The molecule has 0 aliphatic heterocycles. The Morgan fingerprint density at radius 1 is 1.21 bits per heavy atom. The average Bonchev–Trinajstić information content (AvgIpc) is 2.42. The highest BCUT2D eigenvalue weighted by atomic mass is 16.6. The molecule has 1 rings (SSSR count). The summed E-state index contributed by atoms with van der Waals surface area (Å²) in [5, 5.41) is 32.1. The first-order chi connectivity index (χ1) is 9.15. The Morgan fingerprint density at radius 2 is 1.89 bits per heavy atom. The lowest BCUT2D eigenvalue weighted by Crippen LogP contribution is -2.22. The number of hydrogen-bond acceptors (Lipinski definition) is 5. The molecule has 19 heavy (non-hydrogen) atoms. The van der Waals surface area contributed by atoms with Crippen molar-refractivity contribution in [1.29, 1.82) is 0 Å². The van der Waals surface area contributed by atoms with Gasteiger partial charge >= 0.3 is 0 Å². The molecule has 106 valence electrons. The SMILES string of the molecule is O=[N+]([O-])c1ccc(C(O)CNCCCCCO)cc1. The maximum Gasteiger partial charge on any atom is 0.269 e. The van der Waals surface area contributed by atoms with Gasteiger partial charge in [0.15, 0.2) is 0 Å². The third-order valence-corrected chi connectivity index (χ3v) is 2.84. The summed E-state index contributed by atoms with van der Waals surface area (Å²) in [5.74, 6) is 0. The first-order valence-electron chi connectivity index (χ1n) is 6.39. The van der Waals surface area contributed by atoms with Crippen molar-refractivity contribution in [2.24, 2.45) is 0 Å². The van der Waals surface area contributed by atoms with E-state index in [1.165, 1.54) is 12.1 Å². The normalized spacial score (nSPS) is 12.3. The van der Waals surface area contributed by atoms with E-state index in [9.17, 15) is 15.2 Å². The number of non-ortho nitro benzene ring substituents is 1. The monoisotopic (exact) mass is 268 g/mol. The second kappa shape index (κ2) is 8.58. The van der Waals surface area contributed by atoms with E-state index in [2.05, 4.69) is 5.32 Å². The number of benzene rings is 1. The van der Waals surface area contributed by atoms with Crippen LogP contribution in [0.25, 0.3) is 0 Å². The number of nitrogens with zero attached hydrogens (tertiary/aromatic N) is 1. The number of unbranched alkanes of at least 4 members (excludes halogenated alkanes) is 2. The van der Waals surface area contributed by atoms with E-state index in [4.69, 9.17) is 5.11 Å². The lowest BCUT2D eigenvalue weighted by Gasteiger charge is -2.12. The molecular formula is C13H20N2O4. The summed E-state index contributed by atoms with van der Waals surface area (Å²) in [7, 11) is 0. The van der Waals surface area contributed by atoms with E-state index in [1.54, 1.807) is 12.1 Å². The van der Waals surface area contributed by atoms with Crippen LogP contribution >= 0.6 is 0 Å². The molecule has 0 saturated heterocycles. The fraction of sp³-hybridized carbons (Fsp3) is 0.538. The van der Waals surface area contributed by atoms with Crippen LogP contribution in [0.15, 0.2) is 24.3 Å². The summed E-state index contributed by atoms with van der Waals surface area (Å²) >= 11 is 0. The van der Waals surface area contributed by atoms with E-state index in [-0.39, 0.29) is 12.3 Å². The Morgan fingerprint density at radius 3 is 2.47 bits per heavy atom. The summed E-state index contributed by atoms with van der Waals surface area (Å²) in [5.41, 5.74) is 0.682. The lowest BCUT2D eigenvalue weighted by molar-refractivity contribution is -0.384. The predicted molar refractivity (Wildman–Crippen MR) is 71.9 cm³/mol. The van der Waals surface area contributed by atoms with Gasteiger partial charge in [-0.05, 0) is 43.5 Å². The van der Waals surface area contributed by atoms with Gasteiger partial charge in [-0.1, -0.05) is 0 Å². The van der Waals surface area contributed by atoms with Gasteiger partial charge in [-0.2, -0.15) is 0 Å². The summed E-state index contributed by atoms with van der Waals surface area (Å²) in [6.45, 7) is 1.41. The Balaban J connectivity index is 2.29. The molecule has 6 heteroatoms. The van der Waals surface area contributed by atoms with Gasteiger partial charge in [0.25, 0.3) is 5.69 Å². The second-order valence-electron chi connectivity index (χ2n) is 4.35. The molecule has 1 atom stereocenters. The van der Waals surface area contributed by atoms with Crippen molar-refractivity contribution in [1.82, 2.24) is 5.32 Å². The highest BCUT2D eigenvalue weighted by molar-refractivity contribution is 5.33. The minimum atomic E-state index is -0.668. The van der Waals surface area contributed by atoms with Gasteiger partial charge in [0, 0.05) is 25.3 Å². The van der Waals surface area contributed by atoms with Crippen LogP contribution < -0.4 is 5.32 Å². The van der Waals surface area contributed by atoms with Crippen LogP contribution in [0, 0.1) is 10.1 Å². The fourth-order valence-electron chi connectivity index (χ4n) is 1.71. The molecule has 3 N–H and O–H groups in total. The average molecular weight is 268 g/mol. The smallest absolute Gasteiger partial charge is 0.269 e. The van der Waals surface area contributed by atoms with Crippen LogP contribution in [0.1, 0.15) is 30.9 Å². The van der Waals surface area contributed by atoms with Gasteiger partial charge in [-0.25, -0.2) is 0 Å². The van der Waals surface area contributed by atoms with Crippen LogP contribution in [0.5, 0.6) is 0 Å². The topological polar surface area (TPSA) is 95.6 Å². The molecule has 0 radical (unpaired) electrons. The lowest BCUT2D eigenvalue weighted by atomic mass is 10.1. The number of nitro benzene ring substituents is 1. The molecule has 6 nitrogen and oxygen atoms in total. The number of rotatable bonds is 9. The van der Waals surface area contributed by atoms with Crippen molar-refractivity contribution in [3.8, 4) is 0 Å². The molecule has 0 aliphatic carbocycles. The zero-order chi connectivity index (χ0) is 14.1. The molecule has 0 aromatic heterocycles. The van der Waals surface area contributed by atoms with Crippen molar-refractivity contribution in [2.45, 2.75) is 25.4 Å². The molecule has 0 spiro atoms. The molecular weight excluding hydrogens is 248 g/mol. The summed E-state index contributed by atoms with van der Waals surface area (Å²) < 4.78 is 0. The first kappa shape index (κ1) is 15.6. The van der Waals surface area contributed by atoms with Crippen molar-refractivity contribution >= 4 is 5.69 Å². The van der Waals surface area contributed by atoms with Crippen LogP contribution in [0.3, 0.4) is 0 Å². The molecule has 1 unspecified atom stereocenters. The summed E-state index contributed by atoms with van der Waals surface area (Å²) in [6.07, 6.45) is 2.04. The Labute approximate surface area is 112 Å². The quantitative estimate of drug-likeness (QED) is 0.357. The summed E-state index contributed by atoms with van der Waals surface area (Å²) in [4.78, 5) is 10.0. The van der Waals surface area contributed by atoms with E-state index in [1.807, 2.05) is 0 Å². The third kappa shape index (κ3) is 5.78. The largest absolute Gasteiger partial charge is 0.396 e. The highest BCUT2D eigenvalue weighted by Gasteiger charge is 2.09. The number of nitro groups is 1. The third-order valence-electron chi connectivity index (χ3n) is 2.84. The van der Waals surface area contributed by atoms with Crippen molar-refractivity contribution < 1.29 is 15.1 Å². The number of nitrogens with one attached hydrogen (secondary N) is 1. The van der Waals surface area contributed by atoms with Gasteiger partial charge in [-0.15, -0.1) is 0 Å². The highest BCUT2D eigenvalue weighted by Crippen LogP contribution is 2.17. The first-order valence-corrected chi connectivity index (χ1v) is 6.39. The van der Waals surface area contributed by atoms with Gasteiger partial charge in [0.2, 0.25) is 0 Å². The molecule has 1 aromatic carbocycles. The standard InChI is InChI=1S/C13H20N2O4/c16-9-3-1-2-8-14-10-13(17)11-4-6-12(7-5-11)15(18)19/h4-7,13-14,16-17H,1-3,8-10H2. The Kier molecular flexibility index (Phi) is 7.02. The van der Waals surface area contributed by atoms with Crippen LogP contribution in [0.4, 0.5) is 5.69 Å². The zero-order valence-corrected chi connectivity index (χ0v) is 10.8. The van der Waals surface area contributed by atoms with E-state index >= 15 is 0 Å². The van der Waals surface area contributed by atoms with Crippen LogP contribution in [-0.2, 0) is 0 Å². The zero-order valence-electron chi connectivity index (χ0n) is 10.8. The van der Waals surface area contributed by atoms with Gasteiger partial charge in [0.05, 0.1) is 11.0 Å². The number of aliphatic hydroxyl groups excluding tert-OH is 2. The molecule has 0 saturated carbocycles. The molecule has 1 aromatic rings. The van der Waals surface area contributed by atoms with E-state index < -0.39 is 11.0 Å². The maximum atomic E-state index is 10.5. The summed E-state index contributed by atoms with van der Waals surface area (Å²) in [6, 6.07) is 5.91.